The lowest BCUT2D eigenvalue weighted by Gasteiger charge is -2.16. The number of rotatable bonds is 38. The molecule has 0 aliphatic heterocycles. The van der Waals surface area contributed by atoms with Crippen molar-refractivity contribution in [1.29, 1.82) is 0 Å². The van der Waals surface area contributed by atoms with Crippen molar-refractivity contribution < 1.29 is 19.1 Å². The van der Waals surface area contributed by atoms with Crippen molar-refractivity contribution in [3.63, 3.8) is 0 Å². The summed E-state index contributed by atoms with van der Waals surface area (Å²) in [7, 11) is 0. The van der Waals surface area contributed by atoms with Crippen LogP contribution in [0.25, 0.3) is 0 Å². The molecule has 280 valence electrons. The molecule has 4 heteroatoms. The molecule has 48 heavy (non-hydrogen) atoms. The molecular weight excluding hydrogens is 592 g/mol. The van der Waals surface area contributed by atoms with Gasteiger partial charge in [0.05, 0.1) is 6.61 Å². The molecule has 0 saturated heterocycles. The van der Waals surface area contributed by atoms with Gasteiger partial charge in [0, 0.05) is 25.2 Å². The maximum absolute atomic E-state index is 13.1. The number of ether oxygens (including phenoxy) is 1. The quantitative estimate of drug-likeness (QED) is 0.0283. The molecule has 0 aromatic carbocycles. The first-order valence-corrected chi connectivity index (χ1v) is 21.0. The van der Waals surface area contributed by atoms with Gasteiger partial charge in [0.25, 0.3) is 0 Å². The highest BCUT2D eigenvalue weighted by Crippen LogP contribution is 2.23. The topological polar surface area (TPSA) is 60.4 Å². The van der Waals surface area contributed by atoms with E-state index in [9.17, 15) is 14.4 Å². The van der Waals surface area contributed by atoms with Crippen LogP contribution in [0.2, 0.25) is 0 Å². The van der Waals surface area contributed by atoms with Crippen LogP contribution in [-0.4, -0.2) is 24.6 Å². The Balaban J connectivity index is 4.01. The summed E-state index contributed by atoms with van der Waals surface area (Å²) >= 11 is 0. The van der Waals surface area contributed by atoms with E-state index >= 15 is 0 Å². The van der Waals surface area contributed by atoms with Gasteiger partial charge in [0.2, 0.25) is 0 Å². The molecule has 2 unspecified atom stereocenters. The van der Waals surface area contributed by atoms with Gasteiger partial charge in [0.15, 0.2) is 0 Å². The number of allylic oxidation sites excluding steroid dienone is 4. The largest absolute Gasteiger partial charge is 0.465 e. The molecule has 0 N–H and O–H groups in total. The molecule has 0 fully saturated rings. The van der Waals surface area contributed by atoms with Crippen molar-refractivity contribution in [2.75, 3.05) is 6.61 Å². The van der Waals surface area contributed by atoms with E-state index in [-0.39, 0.29) is 11.9 Å². The number of carbonyl (C=O) groups is 3. The summed E-state index contributed by atoms with van der Waals surface area (Å²) in [4.78, 5) is 35.9. The third-order valence-electron chi connectivity index (χ3n) is 9.91. The SMILES string of the molecule is CCCCCC=CCC=CCCCCCCCC(=O)C(CCCCCC=O)CCCCCCCCCCC(=O)OCC(CC)CCCC. The third kappa shape index (κ3) is 32.8. The smallest absolute Gasteiger partial charge is 0.305 e. The highest BCUT2D eigenvalue weighted by molar-refractivity contribution is 5.80. The Morgan fingerprint density at radius 1 is 0.521 bits per heavy atom. The predicted molar refractivity (Wildman–Crippen MR) is 207 cm³/mol. The summed E-state index contributed by atoms with van der Waals surface area (Å²) in [5.74, 6) is 1.20. The molecule has 0 aliphatic carbocycles. The molecule has 0 aliphatic rings. The van der Waals surface area contributed by atoms with E-state index in [1.807, 2.05) is 0 Å². The lowest BCUT2D eigenvalue weighted by atomic mass is 9.88. The zero-order valence-corrected chi connectivity index (χ0v) is 32.3. The molecule has 0 amide bonds. The maximum atomic E-state index is 13.1. The average Bonchev–Trinajstić information content (AvgIpc) is 3.09. The highest BCUT2D eigenvalue weighted by atomic mass is 16.5. The summed E-state index contributed by atoms with van der Waals surface area (Å²) in [6.45, 7) is 7.24. The Bertz CT molecular complexity index is 770. The van der Waals surface area contributed by atoms with Gasteiger partial charge in [-0.2, -0.15) is 0 Å². The van der Waals surface area contributed by atoms with Gasteiger partial charge in [-0.3, -0.25) is 9.59 Å². The normalized spacial score (nSPS) is 13.0. The molecule has 0 spiro atoms. The van der Waals surface area contributed by atoms with E-state index in [2.05, 4.69) is 45.1 Å². The lowest BCUT2D eigenvalue weighted by Crippen LogP contribution is -2.14. The third-order valence-corrected chi connectivity index (χ3v) is 9.91. The number of unbranched alkanes of at least 4 members (excludes halogenated alkanes) is 19. The molecule has 0 aromatic rings. The van der Waals surface area contributed by atoms with Crippen molar-refractivity contribution in [2.24, 2.45) is 11.8 Å². The van der Waals surface area contributed by atoms with Crippen molar-refractivity contribution in [3.8, 4) is 0 Å². The Morgan fingerprint density at radius 3 is 1.60 bits per heavy atom. The molecule has 2 atom stereocenters. The van der Waals surface area contributed by atoms with Crippen LogP contribution in [0, 0.1) is 11.8 Å². The van der Waals surface area contributed by atoms with Gasteiger partial charge in [-0.15, -0.1) is 0 Å². The standard InChI is InChI=1S/C44H80O4/c1-4-7-9-10-11-12-13-14-15-16-17-18-22-25-31-37-43(46)42(36-30-27-28-33-39-45)35-29-24-21-19-20-23-26-32-38-44(47)48-40-41(6-3)34-8-5-2/h11-12,14-15,39,41-42H,4-10,13,16-38,40H2,1-3H3. The second-order valence-corrected chi connectivity index (χ2v) is 14.4. The fourth-order valence-electron chi connectivity index (χ4n) is 6.48. The molecule has 0 heterocycles. The van der Waals surface area contributed by atoms with Crippen LogP contribution < -0.4 is 0 Å². The van der Waals surface area contributed by atoms with Crippen LogP contribution >= 0.6 is 0 Å². The highest BCUT2D eigenvalue weighted by Gasteiger charge is 2.17. The second kappa shape index (κ2) is 38.1. The molecule has 0 aromatic heterocycles. The maximum Gasteiger partial charge on any atom is 0.305 e. The second-order valence-electron chi connectivity index (χ2n) is 14.4. The zero-order valence-electron chi connectivity index (χ0n) is 32.3. The fourth-order valence-corrected chi connectivity index (χ4v) is 6.48. The predicted octanol–water partition coefficient (Wildman–Crippen LogP) is 13.8. The van der Waals surface area contributed by atoms with Crippen LogP contribution in [0.3, 0.4) is 0 Å². The van der Waals surface area contributed by atoms with Crippen molar-refractivity contribution in [2.45, 2.75) is 220 Å². The van der Waals surface area contributed by atoms with E-state index in [0.717, 1.165) is 89.8 Å². The van der Waals surface area contributed by atoms with E-state index < -0.39 is 0 Å². The fraction of sp³-hybridized carbons (Fsp3) is 0.841. The minimum absolute atomic E-state index is 0.0202. The summed E-state index contributed by atoms with van der Waals surface area (Å²) < 4.78 is 5.53. The Hall–Kier alpha value is -1.71. The Kier molecular flexibility index (Phi) is 36.7. The van der Waals surface area contributed by atoms with Crippen molar-refractivity contribution >= 4 is 18.0 Å². The van der Waals surface area contributed by atoms with Crippen LogP contribution in [-0.2, 0) is 19.1 Å². The van der Waals surface area contributed by atoms with E-state index in [0.29, 0.717) is 31.1 Å². The minimum Gasteiger partial charge on any atom is -0.465 e. The van der Waals surface area contributed by atoms with Gasteiger partial charge < -0.3 is 9.53 Å². The first-order valence-electron chi connectivity index (χ1n) is 21.0. The monoisotopic (exact) mass is 673 g/mol. The van der Waals surface area contributed by atoms with Crippen molar-refractivity contribution in [3.05, 3.63) is 24.3 Å². The number of ketones is 1. The Labute approximate surface area is 299 Å². The minimum atomic E-state index is -0.0202. The van der Waals surface area contributed by atoms with Crippen LogP contribution in [0.5, 0.6) is 0 Å². The number of aldehydes is 1. The summed E-state index contributed by atoms with van der Waals surface area (Å²) in [6, 6.07) is 0. The van der Waals surface area contributed by atoms with Crippen molar-refractivity contribution in [1.82, 2.24) is 0 Å². The number of esters is 1. The molecule has 0 bridgehead atoms. The molecular formula is C44H80O4. The van der Waals surface area contributed by atoms with Crippen LogP contribution in [0.15, 0.2) is 24.3 Å². The van der Waals surface area contributed by atoms with Crippen LogP contribution in [0.4, 0.5) is 0 Å². The Morgan fingerprint density at radius 2 is 1.02 bits per heavy atom. The molecule has 0 radical (unpaired) electrons. The van der Waals surface area contributed by atoms with Gasteiger partial charge in [-0.25, -0.2) is 0 Å². The van der Waals surface area contributed by atoms with Crippen LogP contribution in [0.1, 0.15) is 220 Å². The number of hydrogen-bond donors (Lipinski definition) is 0. The molecule has 0 rings (SSSR count). The van der Waals surface area contributed by atoms with E-state index in [1.54, 1.807) is 0 Å². The summed E-state index contributed by atoms with van der Waals surface area (Å²) in [5, 5.41) is 0. The number of Topliss-reactive ketones (excluding diaryl/α,β-unsaturated/α-hetero) is 1. The van der Waals surface area contributed by atoms with Gasteiger partial charge in [-0.1, -0.05) is 154 Å². The van der Waals surface area contributed by atoms with Gasteiger partial charge >= 0.3 is 5.97 Å². The number of hydrogen-bond acceptors (Lipinski definition) is 4. The summed E-state index contributed by atoms with van der Waals surface area (Å²) in [5.41, 5.74) is 0. The van der Waals surface area contributed by atoms with E-state index in [1.165, 1.54) is 103 Å². The lowest BCUT2D eigenvalue weighted by molar-refractivity contribution is -0.145. The first-order chi connectivity index (χ1) is 23.6. The number of carbonyl (C=O) groups excluding carboxylic acids is 3. The average molecular weight is 673 g/mol. The zero-order chi connectivity index (χ0) is 35.2. The first kappa shape index (κ1) is 46.3. The van der Waals surface area contributed by atoms with Gasteiger partial charge in [-0.05, 0) is 76.5 Å². The molecule has 4 nitrogen and oxygen atoms in total. The van der Waals surface area contributed by atoms with Gasteiger partial charge in [0.1, 0.15) is 12.1 Å². The molecule has 0 saturated carbocycles. The van der Waals surface area contributed by atoms with E-state index in [4.69, 9.17) is 4.74 Å². The summed E-state index contributed by atoms with van der Waals surface area (Å²) in [6.07, 6.45) is 44.7.